The fraction of sp³-hybridized carbons (Fsp3) is 0.417. The predicted molar refractivity (Wildman–Crippen MR) is 65.0 cm³/mol. The van der Waals surface area contributed by atoms with Crippen LogP contribution in [0.5, 0.6) is 0 Å². The number of nitrogens with two attached hydrogens (primary N) is 1. The van der Waals surface area contributed by atoms with Gasteiger partial charge in [-0.3, -0.25) is 4.79 Å². The summed E-state index contributed by atoms with van der Waals surface area (Å²) >= 11 is 0. The molecule has 2 heterocycles. The zero-order chi connectivity index (χ0) is 13.3. The van der Waals surface area contributed by atoms with Gasteiger partial charge >= 0.3 is 5.97 Å². The van der Waals surface area contributed by atoms with Crippen molar-refractivity contribution in [3.05, 3.63) is 24.0 Å². The average Bonchev–Trinajstić information content (AvgIpc) is 2.72. The Bertz CT molecular complexity index is 503. The molecule has 1 aromatic rings. The molecule has 1 unspecified atom stereocenters. The number of carbonyl (C=O) groups excluding carboxylic acids is 1. The monoisotopic (exact) mass is 249 g/mol. The molecule has 1 aromatic heterocycles. The maximum absolute atomic E-state index is 12.3. The van der Waals surface area contributed by atoms with Crippen LogP contribution in [0.15, 0.2) is 18.3 Å². The Morgan fingerprint density at radius 3 is 2.89 bits per heavy atom. The number of carboxylic acid groups (broad SMARTS) is 1. The first-order chi connectivity index (χ1) is 8.47. The van der Waals surface area contributed by atoms with Crippen LogP contribution in [0.3, 0.4) is 0 Å². The van der Waals surface area contributed by atoms with Crippen LogP contribution in [0.1, 0.15) is 30.3 Å². The molecular weight excluding hydrogens is 234 g/mol. The maximum Gasteiger partial charge on any atom is 0.329 e. The number of aliphatic carboxylic acids is 1. The summed E-state index contributed by atoms with van der Waals surface area (Å²) in [6, 6.07) is 3.21. The fourth-order valence-corrected chi connectivity index (χ4v) is 2.24. The van der Waals surface area contributed by atoms with Crippen molar-refractivity contribution in [2.24, 2.45) is 0 Å². The Morgan fingerprint density at radius 1 is 1.56 bits per heavy atom. The van der Waals surface area contributed by atoms with Gasteiger partial charge in [-0.1, -0.05) is 0 Å². The van der Waals surface area contributed by atoms with E-state index in [0.717, 1.165) is 0 Å². The highest BCUT2D eigenvalue weighted by atomic mass is 16.4. The lowest BCUT2D eigenvalue weighted by atomic mass is 9.99. The van der Waals surface area contributed by atoms with Crippen molar-refractivity contribution < 1.29 is 14.7 Å². The molecule has 0 saturated carbocycles. The normalized spacial score (nSPS) is 23.1. The molecule has 18 heavy (non-hydrogen) atoms. The third-order valence-corrected chi connectivity index (χ3v) is 3.39. The molecule has 0 aliphatic carbocycles. The van der Waals surface area contributed by atoms with E-state index >= 15 is 0 Å². The molecule has 3 N–H and O–H groups in total. The number of nitrogens with zero attached hydrogens (tertiary/aromatic N) is 2. The number of anilines is 1. The Labute approximate surface area is 104 Å². The van der Waals surface area contributed by atoms with Crippen molar-refractivity contribution in [1.29, 1.82) is 0 Å². The van der Waals surface area contributed by atoms with E-state index in [0.29, 0.717) is 19.4 Å². The fourth-order valence-electron chi connectivity index (χ4n) is 2.24. The van der Waals surface area contributed by atoms with Crippen molar-refractivity contribution in [2.75, 3.05) is 12.3 Å². The number of nitrogen functional groups attached to an aromatic ring is 1. The van der Waals surface area contributed by atoms with Gasteiger partial charge in [0.05, 0.1) is 5.69 Å². The van der Waals surface area contributed by atoms with Crippen molar-refractivity contribution >= 4 is 17.6 Å². The van der Waals surface area contributed by atoms with Gasteiger partial charge < -0.3 is 15.7 Å². The molecule has 1 fully saturated rings. The van der Waals surface area contributed by atoms with E-state index in [4.69, 9.17) is 5.73 Å². The number of hydrogen-bond donors (Lipinski definition) is 2. The summed E-state index contributed by atoms with van der Waals surface area (Å²) in [4.78, 5) is 28.9. The third-order valence-electron chi connectivity index (χ3n) is 3.39. The van der Waals surface area contributed by atoms with Gasteiger partial charge in [-0.25, -0.2) is 9.78 Å². The molecule has 1 aliphatic rings. The maximum atomic E-state index is 12.3. The van der Waals surface area contributed by atoms with Crippen molar-refractivity contribution in [3.63, 3.8) is 0 Å². The summed E-state index contributed by atoms with van der Waals surface area (Å²) in [6.45, 7) is 1.97. The molecule has 2 rings (SSSR count). The second-order valence-corrected chi connectivity index (χ2v) is 4.58. The number of likely N-dealkylation sites (tertiary alicyclic amines) is 1. The van der Waals surface area contributed by atoms with Gasteiger partial charge in [0.2, 0.25) is 0 Å². The number of carbonyl (C=O) groups is 2. The van der Waals surface area contributed by atoms with Gasteiger partial charge in [-0.15, -0.1) is 0 Å². The molecule has 0 spiro atoms. The first-order valence-corrected chi connectivity index (χ1v) is 5.72. The van der Waals surface area contributed by atoms with Crippen LogP contribution in [0, 0.1) is 0 Å². The zero-order valence-corrected chi connectivity index (χ0v) is 10.1. The molecular formula is C12H15N3O3. The van der Waals surface area contributed by atoms with E-state index in [1.807, 2.05) is 0 Å². The van der Waals surface area contributed by atoms with E-state index in [9.17, 15) is 14.7 Å². The summed E-state index contributed by atoms with van der Waals surface area (Å²) in [5, 5.41) is 9.26. The Kier molecular flexibility index (Phi) is 2.94. The summed E-state index contributed by atoms with van der Waals surface area (Å²) in [6.07, 6.45) is 2.58. The number of aromatic nitrogens is 1. The Hall–Kier alpha value is -2.11. The molecule has 6 nitrogen and oxygen atoms in total. The molecule has 96 valence electrons. The van der Waals surface area contributed by atoms with Crippen molar-refractivity contribution in [3.8, 4) is 0 Å². The number of pyridine rings is 1. The molecule has 0 bridgehead atoms. The van der Waals surface area contributed by atoms with Gasteiger partial charge in [0.1, 0.15) is 5.54 Å². The van der Waals surface area contributed by atoms with Crippen LogP contribution in [0.25, 0.3) is 0 Å². The standard InChI is InChI=1S/C12H15N3O3/c1-12(11(17)18)5-3-7-15(12)10(16)9-8(13)4-2-6-14-9/h2,4,6H,3,5,7,13H2,1H3,(H,17,18). The number of rotatable bonds is 2. The van der Waals surface area contributed by atoms with Crippen LogP contribution < -0.4 is 5.73 Å². The smallest absolute Gasteiger partial charge is 0.329 e. The predicted octanol–water partition coefficient (Wildman–Crippen LogP) is 0.743. The number of hydrogen-bond acceptors (Lipinski definition) is 4. The summed E-state index contributed by atoms with van der Waals surface area (Å²) < 4.78 is 0. The second-order valence-electron chi connectivity index (χ2n) is 4.58. The lowest BCUT2D eigenvalue weighted by Crippen LogP contribution is -2.51. The van der Waals surface area contributed by atoms with Gasteiger partial charge in [-0.05, 0) is 31.9 Å². The van der Waals surface area contributed by atoms with Gasteiger partial charge in [0.25, 0.3) is 5.91 Å². The van der Waals surface area contributed by atoms with Crippen LogP contribution in [-0.2, 0) is 4.79 Å². The Balaban J connectivity index is 2.35. The zero-order valence-electron chi connectivity index (χ0n) is 10.1. The van der Waals surface area contributed by atoms with Crippen LogP contribution >= 0.6 is 0 Å². The van der Waals surface area contributed by atoms with Crippen molar-refractivity contribution in [1.82, 2.24) is 9.88 Å². The van der Waals surface area contributed by atoms with Gasteiger partial charge in [0.15, 0.2) is 5.69 Å². The quantitative estimate of drug-likeness (QED) is 0.805. The minimum Gasteiger partial charge on any atom is -0.480 e. The van der Waals surface area contributed by atoms with Crippen LogP contribution in [0.2, 0.25) is 0 Å². The van der Waals surface area contributed by atoms with E-state index < -0.39 is 17.4 Å². The highest BCUT2D eigenvalue weighted by molar-refractivity contribution is 6.00. The van der Waals surface area contributed by atoms with Gasteiger partial charge in [-0.2, -0.15) is 0 Å². The summed E-state index contributed by atoms with van der Waals surface area (Å²) in [5.41, 5.74) is 4.91. The number of amides is 1. The third kappa shape index (κ3) is 1.79. The topological polar surface area (TPSA) is 96.5 Å². The molecule has 1 amide bonds. The lowest BCUT2D eigenvalue weighted by Gasteiger charge is -2.31. The van der Waals surface area contributed by atoms with Crippen LogP contribution in [0.4, 0.5) is 5.69 Å². The average molecular weight is 249 g/mol. The highest BCUT2D eigenvalue weighted by Gasteiger charge is 2.46. The van der Waals surface area contributed by atoms with E-state index in [1.165, 1.54) is 11.1 Å². The largest absolute Gasteiger partial charge is 0.480 e. The second kappa shape index (κ2) is 4.29. The van der Waals surface area contributed by atoms with E-state index in [1.54, 1.807) is 19.1 Å². The molecule has 0 aromatic carbocycles. The minimum atomic E-state index is -1.17. The first kappa shape index (κ1) is 12.3. The Morgan fingerprint density at radius 2 is 2.28 bits per heavy atom. The molecule has 1 aliphatic heterocycles. The lowest BCUT2D eigenvalue weighted by molar-refractivity contribution is -0.147. The van der Waals surface area contributed by atoms with Gasteiger partial charge in [0, 0.05) is 12.7 Å². The van der Waals surface area contributed by atoms with E-state index in [2.05, 4.69) is 4.98 Å². The highest BCUT2D eigenvalue weighted by Crippen LogP contribution is 2.31. The summed E-state index contributed by atoms with van der Waals surface area (Å²) in [7, 11) is 0. The molecule has 0 radical (unpaired) electrons. The SMILES string of the molecule is CC1(C(=O)O)CCCN1C(=O)c1ncccc1N. The first-order valence-electron chi connectivity index (χ1n) is 5.72. The van der Waals surface area contributed by atoms with Crippen molar-refractivity contribution in [2.45, 2.75) is 25.3 Å². The molecule has 1 saturated heterocycles. The minimum absolute atomic E-state index is 0.117. The van der Waals surface area contributed by atoms with E-state index in [-0.39, 0.29) is 11.4 Å². The molecule has 1 atom stereocenters. The number of carboxylic acids is 1. The summed E-state index contributed by atoms with van der Waals surface area (Å²) in [5.74, 6) is -1.42. The molecule has 6 heteroatoms. The van der Waals surface area contributed by atoms with Crippen LogP contribution in [-0.4, -0.2) is 39.0 Å².